The predicted octanol–water partition coefficient (Wildman–Crippen LogP) is 3.04. The molecule has 0 bridgehead atoms. The normalized spacial score (nSPS) is 10.5. The average molecular weight is 378 g/mol. The Hall–Kier alpha value is -2.54. The minimum Gasteiger partial charge on any atom is -0.493 e. The van der Waals surface area contributed by atoms with Crippen LogP contribution in [-0.2, 0) is 6.61 Å². The number of hydrogen-bond acceptors (Lipinski definition) is 4. The van der Waals surface area contributed by atoms with E-state index in [0.717, 1.165) is 10.0 Å². The summed E-state index contributed by atoms with van der Waals surface area (Å²) < 4.78 is 12.2. The van der Waals surface area contributed by atoms with Crippen molar-refractivity contribution in [3.63, 3.8) is 0 Å². The highest BCUT2D eigenvalue weighted by molar-refractivity contribution is 9.10. The molecule has 0 aromatic heterocycles. The smallest absolute Gasteiger partial charge is 0.332 e. The SMILES string of the molecule is COc1cccc(C=NNC(N)=O)c1OCc1ccc(Br)cc1. The van der Waals surface area contributed by atoms with Gasteiger partial charge in [0.25, 0.3) is 0 Å². The molecule has 3 N–H and O–H groups in total. The molecule has 2 rings (SSSR count). The summed E-state index contributed by atoms with van der Waals surface area (Å²) in [5.41, 5.74) is 8.79. The third kappa shape index (κ3) is 5.00. The first-order chi connectivity index (χ1) is 11.1. The molecule has 0 saturated heterocycles. The fourth-order valence-corrected chi connectivity index (χ4v) is 2.12. The van der Waals surface area contributed by atoms with Gasteiger partial charge in [0.05, 0.1) is 13.3 Å². The molecule has 0 heterocycles. The van der Waals surface area contributed by atoms with Crippen LogP contribution >= 0.6 is 15.9 Å². The van der Waals surface area contributed by atoms with Gasteiger partial charge in [0.1, 0.15) is 6.61 Å². The number of hydrogen-bond donors (Lipinski definition) is 2. The maximum atomic E-state index is 10.7. The van der Waals surface area contributed by atoms with Gasteiger partial charge in [-0.3, -0.25) is 0 Å². The number of ether oxygens (including phenoxy) is 2. The molecule has 0 aliphatic heterocycles. The lowest BCUT2D eigenvalue weighted by Gasteiger charge is -2.13. The molecule has 120 valence electrons. The lowest BCUT2D eigenvalue weighted by Crippen LogP contribution is -2.24. The van der Waals surface area contributed by atoms with E-state index in [9.17, 15) is 4.79 Å². The number of primary amides is 1. The Kier molecular flexibility index (Phi) is 5.99. The predicted molar refractivity (Wildman–Crippen MR) is 91.8 cm³/mol. The average Bonchev–Trinajstić information content (AvgIpc) is 2.54. The first-order valence-electron chi connectivity index (χ1n) is 6.73. The van der Waals surface area contributed by atoms with Crippen molar-refractivity contribution in [3.05, 3.63) is 58.1 Å². The lowest BCUT2D eigenvalue weighted by molar-refractivity contribution is 0.249. The van der Waals surface area contributed by atoms with E-state index in [1.54, 1.807) is 25.3 Å². The molecule has 0 aliphatic rings. The van der Waals surface area contributed by atoms with Crippen molar-refractivity contribution < 1.29 is 14.3 Å². The van der Waals surface area contributed by atoms with Crippen LogP contribution in [0.5, 0.6) is 11.5 Å². The third-order valence-electron chi connectivity index (χ3n) is 2.90. The van der Waals surface area contributed by atoms with Gasteiger partial charge in [-0.1, -0.05) is 34.1 Å². The van der Waals surface area contributed by atoms with Crippen LogP contribution in [0.25, 0.3) is 0 Å². The number of nitrogens with zero attached hydrogens (tertiary/aromatic N) is 1. The number of hydrazone groups is 1. The zero-order valence-electron chi connectivity index (χ0n) is 12.5. The number of amides is 2. The summed E-state index contributed by atoms with van der Waals surface area (Å²) in [5, 5.41) is 3.75. The van der Waals surface area contributed by atoms with Gasteiger partial charge in [0.2, 0.25) is 0 Å². The minimum absolute atomic E-state index is 0.373. The molecule has 2 aromatic carbocycles. The Morgan fingerprint density at radius 1 is 1.30 bits per heavy atom. The Bertz CT molecular complexity index is 702. The third-order valence-corrected chi connectivity index (χ3v) is 3.43. The van der Waals surface area contributed by atoms with Crippen LogP contribution in [0.4, 0.5) is 4.79 Å². The molecule has 0 radical (unpaired) electrons. The van der Waals surface area contributed by atoms with Crippen molar-refractivity contribution >= 4 is 28.2 Å². The maximum Gasteiger partial charge on any atom is 0.332 e. The molecule has 23 heavy (non-hydrogen) atoms. The second kappa shape index (κ2) is 8.19. The molecule has 0 aliphatic carbocycles. The summed E-state index contributed by atoms with van der Waals surface area (Å²) in [5.74, 6) is 1.11. The quantitative estimate of drug-likeness (QED) is 0.599. The fraction of sp³-hybridized carbons (Fsp3) is 0.125. The summed E-state index contributed by atoms with van der Waals surface area (Å²) in [6.07, 6.45) is 1.45. The molecule has 0 spiro atoms. The van der Waals surface area contributed by atoms with Gasteiger partial charge in [-0.25, -0.2) is 10.2 Å². The van der Waals surface area contributed by atoms with Crippen LogP contribution in [0.15, 0.2) is 52.0 Å². The zero-order chi connectivity index (χ0) is 16.7. The second-order valence-electron chi connectivity index (χ2n) is 4.53. The van der Waals surface area contributed by atoms with Crippen LogP contribution in [0.3, 0.4) is 0 Å². The van der Waals surface area contributed by atoms with Crippen molar-refractivity contribution in [2.24, 2.45) is 10.8 Å². The minimum atomic E-state index is -0.735. The number of nitrogens with one attached hydrogen (secondary N) is 1. The van der Waals surface area contributed by atoms with Crippen molar-refractivity contribution in [1.82, 2.24) is 5.43 Å². The van der Waals surface area contributed by atoms with E-state index in [2.05, 4.69) is 26.5 Å². The Balaban J connectivity index is 2.19. The number of benzene rings is 2. The largest absolute Gasteiger partial charge is 0.493 e. The van der Waals surface area contributed by atoms with E-state index in [-0.39, 0.29) is 0 Å². The van der Waals surface area contributed by atoms with E-state index in [1.165, 1.54) is 6.21 Å². The number of halogens is 1. The number of nitrogens with two attached hydrogens (primary N) is 1. The first kappa shape index (κ1) is 16.8. The number of carbonyl (C=O) groups excluding carboxylic acids is 1. The first-order valence-corrected chi connectivity index (χ1v) is 7.52. The molecule has 0 saturated carbocycles. The van der Waals surface area contributed by atoms with E-state index < -0.39 is 6.03 Å². The van der Waals surface area contributed by atoms with Crippen molar-refractivity contribution in [2.45, 2.75) is 6.61 Å². The highest BCUT2D eigenvalue weighted by Gasteiger charge is 2.09. The van der Waals surface area contributed by atoms with E-state index >= 15 is 0 Å². The van der Waals surface area contributed by atoms with Crippen LogP contribution in [-0.4, -0.2) is 19.4 Å². The highest BCUT2D eigenvalue weighted by Crippen LogP contribution is 2.30. The lowest BCUT2D eigenvalue weighted by atomic mass is 10.2. The van der Waals surface area contributed by atoms with Gasteiger partial charge in [0.15, 0.2) is 11.5 Å². The number of urea groups is 1. The van der Waals surface area contributed by atoms with Crippen molar-refractivity contribution in [2.75, 3.05) is 7.11 Å². The van der Waals surface area contributed by atoms with Gasteiger partial charge in [-0.05, 0) is 29.8 Å². The number of rotatable bonds is 6. The molecular weight excluding hydrogens is 362 g/mol. The summed E-state index contributed by atoms with van der Waals surface area (Å²) in [6, 6.07) is 12.5. The molecule has 2 aromatic rings. The summed E-state index contributed by atoms with van der Waals surface area (Å²) >= 11 is 3.39. The summed E-state index contributed by atoms with van der Waals surface area (Å²) in [4.78, 5) is 10.7. The Morgan fingerprint density at radius 3 is 2.70 bits per heavy atom. The molecule has 2 amide bonds. The summed E-state index contributed by atoms with van der Waals surface area (Å²) in [6.45, 7) is 0.373. The van der Waals surface area contributed by atoms with Gasteiger partial charge in [-0.15, -0.1) is 0 Å². The molecule has 7 heteroatoms. The number of carbonyl (C=O) groups is 1. The zero-order valence-corrected chi connectivity index (χ0v) is 14.0. The van der Waals surface area contributed by atoms with Crippen LogP contribution in [0, 0.1) is 0 Å². The molecule has 0 unspecified atom stereocenters. The second-order valence-corrected chi connectivity index (χ2v) is 5.44. The van der Waals surface area contributed by atoms with Gasteiger partial charge < -0.3 is 15.2 Å². The number of methoxy groups -OCH3 is 1. The Labute approximate surface area is 142 Å². The molecule has 0 fully saturated rings. The Morgan fingerprint density at radius 2 is 2.04 bits per heavy atom. The maximum absolute atomic E-state index is 10.7. The van der Waals surface area contributed by atoms with E-state index in [0.29, 0.717) is 23.7 Å². The van der Waals surface area contributed by atoms with Crippen molar-refractivity contribution in [3.8, 4) is 11.5 Å². The van der Waals surface area contributed by atoms with Crippen LogP contribution in [0.1, 0.15) is 11.1 Å². The molecular formula is C16H16BrN3O3. The van der Waals surface area contributed by atoms with Crippen molar-refractivity contribution in [1.29, 1.82) is 0 Å². The van der Waals surface area contributed by atoms with Gasteiger partial charge in [0, 0.05) is 10.0 Å². The number of para-hydroxylation sites is 1. The van der Waals surface area contributed by atoms with Gasteiger partial charge in [-0.2, -0.15) is 5.10 Å². The fourth-order valence-electron chi connectivity index (χ4n) is 1.85. The van der Waals surface area contributed by atoms with Gasteiger partial charge >= 0.3 is 6.03 Å². The molecule has 0 atom stereocenters. The van der Waals surface area contributed by atoms with Crippen LogP contribution < -0.4 is 20.6 Å². The molecule has 6 nitrogen and oxygen atoms in total. The van der Waals surface area contributed by atoms with E-state index in [1.807, 2.05) is 24.3 Å². The monoisotopic (exact) mass is 377 g/mol. The topological polar surface area (TPSA) is 85.9 Å². The van der Waals surface area contributed by atoms with E-state index in [4.69, 9.17) is 15.2 Å². The standard InChI is InChI=1S/C16H16BrN3O3/c1-22-14-4-2-3-12(9-19-20-16(18)21)15(14)23-10-11-5-7-13(17)8-6-11/h2-9H,10H2,1H3,(H3,18,20,21). The highest BCUT2D eigenvalue weighted by atomic mass is 79.9. The summed E-state index contributed by atoms with van der Waals surface area (Å²) in [7, 11) is 1.56. The van der Waals surface area contributed by atoms with Crippen LogP contribution in [0.2, 0.25) is 0 Å².